The zero-order chi connectivity index (χ0) is 22.2. The van der Waals surface area contributed by atoms with Crippen LogP contribution in [0.4, 0.5) is 5.69 Å². The normalized spacial score (nSPS) is 11.3. The summed E-state index contributed by atoms with van der Waals surface area (Å²) < 4.78 is 11.0. The minimum Gasteiger partial charge on any atom is -0.497 e. The highest BCUT2D eigenvalue weighted by Crippen LogP contribution is 2.25. The fraction of sp³-hybridized carbons (Fsp3) is 0.200. The molecule has 1 atom stereocenters. The molecule has 3 aromatic carbocycles. The molecule has 0 fully saturated rings. The van der Waals surface area contributed by atoms with Crippen molar-refractivity contribution >= 4 is 17.5 Å². The molecule has 0 aliphatic heterocycles. The van der Waals surface area contributed by atoms with E-state index in [9.17, 15) is 9.59 Å². The summed E-state index contributed by atoms with van der Waals surface area (Å²) in [4.78, 5) is 24.2. The van der Waals surface area contributed by atoms with Crippen molar-refractivity contribution in [2.45, 2.75) is 26.3 Å². The van der Waals surface area contributed by atoms with Gasteiger partial charge in [-0.15, -0.1) is 0 Å². The van der Waals surface area contributed by atoms with Crippen LogP contribution in [0, 0.1) is 6.92 Å². The van der Waals surface area contributed by atoms with Gasteiger partial charge in [-0.2, -0.15) is 0 Å². The highest BCUT2D eigenvalue weighted by Gasteiger charge is 2.17. The summed E-state index contributed by atoms with van der Waals surface area (Å²) >= 11 is 0. The zero-order valence-electron chi connectivity index (χ0n) is 17.8. The van der Waals surface area contributed by atoms with Crippen LogP contribution in [0.1, 0.15) is 30.5 Å². The molecule has 6 heteroatoms. The summed E-state index contributed by atoms with van der Waals surface area (Å²) in [7, 11) is 1.59. The Morgan fingerprint density at radius 2 is 1.58 bits per heavy atom. The van der Waals surface area contributed by atoms with E-state index < -0.39 is 6.04 Å². The highest BCUT2D eigenvalue weighted by atomic mass is 16.5. The molecule has 160 valence electrons. The number of rotatable bonds is 8. The fourth-order valence-electron chi connectivity index (χ4n) is 3.15. The van der Waals surface area contributed by atoms with Crippen molar-refractivity contribution in [2.75, 3.05) is 12.4 Å². The minimum absolute atomic E-state index is 0.105. The highest BCUT2D eigenvalue weighted by molar-refractivity contribution is 5.91. The van der Waals surface area contributed by atoms with Gasteiger partial charge in [-0.1, -0.05) is 24.3 Å². The van der Waals surface area contributed by atoms with Crippen molar-refractivity contribution in [3.05, 3.63) is 83.9 Å². The molecule has 3 aromatic rings. The molecule has 0 aromatic heterocycles. The summed E-state index contributed by atoms with van der Waals surface area (Å²) in [6, 6.07) is 21.8. The molecule has 6 nitrogen and oxygen atoms in total. The van der Waals surface area contributed by atoms with Gasteiger partial charge in [0.2, 0.25) is 11.8 Å². The van der Waals surface area contributed by atoms with Gasteiger partial charge in [0.05, 0.1) is 19.6 Å². The Morgan fingerprint density at radius 3 is 2.19 bits per heavy atom. The predicted octanol–water partition coefficient (Wildman–Crippen LogP) is 5.00. The average molecular weight is 418 g/mol. The summed E-state index contributed by atoms with van der Waals surface area (Å²) in [5.41, 5.74) is 2.60. The Labute approximate surface area is 182 Å². The molecule has 2 N–H and O–H groups in total. The lowest BCUT2D eigenvalue weighted by atomic mass is 10.0. The average Bonchev–Trinajstić information content (AvgIpc) is 2.74. The third-order valence-corrected chi connectivity index (χ3v) is 4.65. The number of methoxy groups -OCH3 is 1. The van der Waals surface area contributed by atoms with Gasteiger partial charge in [-0.3, -0.25) is 9.59 Å². The molecule has 0 bridgehead atoms. The standard InChI is InChI=1S/C25H26N2O4/c1-17-5-4-6-23(15-17)31-22-13-9-20(10-14-22)27-25(29)16-24(26-18(2)28)19-7-11-21(30-3)12-8-19/h4-15,24H,16H2,1-3H3,(H,26,28)(H,27,29). The van der Waals surface area contributed by atoms with Crippen molar-refractivity contribution in [3.63, 3.8) is 0 Å². The molecule has 2 amide bonds. The van der Waals surface area contributed by atoms with E-state index in [1.807, 2.05) is 43.3 Å². The molecular formula is C25H26N2O4. The van der Waals surface area contributed by atoms with Crippen LogP contribution in [0.5, 0.6) is 17.2 Å². The van der Waals surface area contributed by atoms with Crippen molar-refractivity contribution in [1.82, 2.24) is 5.32 Å². The van der Waals surface area contributed by atoms with Crippen LogP contribution < -0.4 is 20.1 Å². The maximum atomic E-state index is 12.6. The second-order valence-corrected chi connectivity index (χ2v) is 7.22. The number of nitrogens with one attached hydrogen (secondary N) is 2. The first-order valence-electron chi connectivity index (χ1n) is 9.98. The maximum absolute atomic E-state index is 12.6. The Balaban J connectivity index is 1.62. The van der Waals surface area contributed by atoms with Crippen molar-refractivity contribution in [1.29, 1.82) is 0 Å². The number of hydrogen-bond acceptors (Lipinski definition) is 4. The molecule has 0 spiro atoms. The Morgan fingerprint density at radius 1 is 0.903 bits per heavy atom. The predicted molar refractivity (Wildman–Crippen MR) is 120 cm³/mol. The topological polar surface area (TPSA) is 76.7 Å². The third-order valence-electron chi connectivity index (χ3n) is 4.65. The largest absolute Gasteiger partial charge is 0.497 e. The van der Waals surface area contributed by atoms with Crippen LogP contribution >= 0.6 is 0 Å². The first-order valence-corrected chi connectivity index (χ1v) is 9.98. The molecule has 0 radical (unpaired) electrons. The first kappa shape index (κ1) is 21.9. The molecular weight excluding hydrogens is 392 g/mol. The number of carbonyl (C=O) groups is 2. The molecule has 0 saturated carbocycles. The molecule has 0 heterocycles. The van der Waals surface area contributed by atoms with E-state index in [2.05, 4.69) is 10.6 Å². The molecule has 0 aliphatic rings. The number of benzene rings is 3. The molecule has 0 aliphatic carbocycles. The van der Waals surface area contributed by atoms with Crippen molar-refractivity contribution in [2.24, 2.45) is 0 Å². The SMILES string of the molecule is COc1ccc(C(CC(=O)Nc2ccc(Oc3cccc(C)c3)cc2)NC(C)=O)cc1. The quantitative estimate of drug-likeness (QED) is 0.540. The van der Waals surface area contributed by atoms with E-state index in [4.69, 9.17) is 9.47 Å². The van der Waals surface area contributed by atoms with E-state index >= 15 is 0 Å². The van der Waals surface area contributed by atoms with Gasteiger partial charge in [0.15, 0.2) is 0 Å². The summed E-state index contributed by atoms with van der Waals surface area (Å²) in [6.07, 6.45) is 0.105. The number of hydrogen-bond donors (Lipinski definition) is 2. The fourth-order valence-corrected chi connectivity index (χ4v) is 3.15. The molecule has 0 saturated heterocycles. The van der Waals surface area contributed by atoms with Crippen LogP contribution in [0.2, 0.25) is 0 Å². The van der Waals surface area contributed by atoms with Gasteiger partial charge in [0.1, 0.15) is 17.2 Å². The maximum Gasteiger partial charge on any atom is 0.226 e. The summed E-state index contributed by atoms with van der Waals surface area (Å²) in [6.45, 7) is 3.44. The van der Waals surface area contributed by atoms with Crippen LogP contribution in [0.3, 0.4) is 0 Å². The van der Waals surface area contributed by atoms with Crippen molar-refractivity contribution < 1.29 is 19.1 Å². The van der Waals surface area contributed by atoms with Crippen LogP contribution in [0.15, 0.2) is 72.8 Å². The number of aryl methyl sites for hydroxylation is 1. The van der Waals surface area contributed by atoms with E-state index in [0.717, 1.165) is 16.9 Å². The second kappa shape index (κ2) is 10.3. The smallest absolute Gasteiger partial charge is 0.226 e. The van der Waals surface area contributed by atoms with E-state index in [-0.39, 0.29) is 18.2 Å². The lowest BCUT2D eigenvalue weighted by Crippen LogP contribution is -2.29. The number of ether oxygens (including phenoxy) is 2. The van der Waals surface area contributed by atoms with Gasteiger partial charge < -0.3 is 20.1 Å². The lowest BCUT2D eigenvalue weighted by Gasteiger charge is -2.18. The van der Waals surface area contributed by atoms with Crippen LogP contribution in [0.25, 0.3) is 0 Å². The van der Waals surface area contributed by atoms with E-state index in [1.54, 1.807) is 43.5 Å². The minimum atomic E-state index is -0.438. The van der Waals surface area contributed by atoms with Gasteiger partial charge in [0, 0.05) is 12.6 Å². The number of carbonyl (C=O) groups excluding carboxylic acids is 2. The molecule has 3 rings (SSSR count). The lowest BCUT2D eigenvalue weighted by molar-refractivity contribution is -0.120. The van der Waals surface area contributed by atoms with E-state index in [1.165, 1.54) is 6.92 Å². The monoisotopic (exact) mass is 418 g/mol. The van der Waals surface area contributed by atoms with Gasteiger partial charge in [-0.05, 0) is 66.6 Å². The molecule has 31 heavy (non-hydrogen) atoms. The molecule has 1 unspecified atom stereocenters. The second-order valence-electron chi connectivity index (χ2n) is 7.22. The van der Waals surface area contributed by atoms with Crippen LogP contribution in [-0.2, 0) is 9.59 Å². The number of anilines is 1. The third kappa shape index (κ3) is 6.60. The first-order chi connectivity index (χ1) is 14.9. The van der Waals surface area contributed by atoms with Gasteiger partial charge in [-0.25, -0.2) is 0 Å². The Kier molecular flexibility index (Phi) is 7.27. The van der Waals surface area contributed by atoms with Gasteiger partial charge >= 0.3 is 0 Å². The number of amides is 2. The Hall–Kier alpha value is -3.80. The van der Waals surface area contributed by atoms with Crippen LogP contribution in [-0.4, -0.2) is 18.9 Å². The zero-order valence-corrected chi connectivity index (χ0v) is 17.8. The van der Waals surface area contributed by atoms with E-state index in [0.29, 0.717) is 17.2 Å². The van der Waals surface area contributed by atoms with Gasteiger partial charge in [0.25, 0.3) is 0 Å². The Bertz CT molecular complexity index is 1030. The summed E-state index contributed by atoms with van der Waals surface area (Å²) in [5, 5.41) is 5.70. The summed E-state index contributed by atoms with van der Waals surface area (Å²) in [5.74, 6) is 1.74. The van der Waals surface area contributed by atoms with Crippen molar-refractivity contribution in [3.8, 4) is 17.2 Å².